The molecule has 2 N–H and O–H groups in total. The zero-order valence-corrected chi connectivity index (χ0v) is 11.4. The molecule has 2 amide bonds. The van der Waals surface area contributed by atoms with E-state index in [-0.39, 0.29) is 11.8 Å². The Balaban J connectivity index is 2.48. The van der Waals surface area contributed by atoms with E-state index in [9.17, 15) is 9.59 Å². The highest BCUT2D eigenvalue weighted by Crippen LogP contribution is 2.08. The summed E-state index contributed by atoms with van der Waals surface area (Å²) in [6.07, 6.45) is 0. The maximum absolute atomic E-state index is 11.9. The Kier molecular flexibility index (Phi) is 6.28. The average molecular weight is 266 g/mol. The Morgan fingerprint density at radius 3 is 2.50 bits per heavy atom. The zero-order chi connectivity index (χ0) is 13.4. The van der Waals surface area contributed by atoms with Gasteiger partial charge in [-0.25, -0.2) is 0 Å². The van der Waals surface area contributed by atoms with Gasteiger partial charge in [-0.1, -0.05) is 37.3 Å². The van der Waals surface area contributed by atoms with E-state index in [1.165, 1.54) is 18.7 Å². The summed E-state index contributed by atoms with van der Waals surface area (Å²) in [5.74, 6) is 0.403. The summed E-state index contributed by atoms with van der Waals surface area (Å²) in [5.41, 5.74) is 1.04. The van der Waals surface area contributed by atoms with E-state index >= 15 is 0 Å². The largest absolute Gasteiger partial charge is 0.349 e. The highest BCUT2D eigenvalue weighted by molar-refractivity contribution is 8.00. The van der Waals surface area contributed by atoms with Gasteiger partial charge in [-0.15, -0.1) is 11.8 Å². The lowest BCUT2D eigenvalue weighted by molar-refractivity contribution is -0.126. The molecule has 0 fully saturated rings. The van der Waals surface area contributed by atoms with Crippen LogP contribution in [0.5, 0.6) is 0 Å². The maximum atomic E-state index is 11.9. The van der Waals surface area contributed by atoms with Gasteiger partial charge in [0, 0.05) is 13.5 Å². The lowest BCUT2D eigenvalue weighted by atomic mass is 10.2. The first kappa shape index (κ1) is 14.6. The molecule has 0 radical (unpaired) electrons. The van der Waals surface area contributed by atoms with Crippen LogP contribution < -0.4 is 10.6 Å². The van der Waals surface area contributed by atoms with Gasteiger partial charge in [-0.2, -0.15) is 0 Å². The summed E-state index contributed by atoms with van der Waals surface area (Å²) >= 11 is 1.40. The van der Waals surface area contributed by atoms with Crippen LogP contribution in [0.15, 0.2) is 30.3 Å². The molecule has 0 aromatic heterocycles. The third-order valence-electron chi connectivity index (χ3n) is 2.22. The molecule has 1 atom stereocenters. The molecule has 98 valence electrons. The molecule has 1 aromatic carbocycles. The van der Waals surface area contributed by atoms with Crippen LogP contribution in [0.25, 0.3) is 0 Å². The van der Waals surface area contributed by atoms with Crippen molar-refractivity contribution in [3.63, 3.8) is 0 Å². The minimum Gasteiger partial charge on any atom is -0.349 e. The number of hydrogen-bond acceptors (Lipinski definition) is 3. The van der Waals surface area contributed by atoms with E-state index in [4.69, 9.17) is 0 Å². The average Bonchev–Trinajstić information content (AvgIpc) is 2.36. The number of carbonyl (C=O) groups excluding carboxylic acids is 2. The first-order valence-corrected chi connectivity index (χ1v) is 6.88. The summed E-state index contributed by atoms with van der Waals surface area (Å²) in [6, 6.07) is 9.67. The fourth-order valence-electron chi connectivity index (χ4n) is 1.41. The van der Waals surface area contributed by atoms with Gasteiger partial charge in [0.05, 0.1) is 0 Å². The molecule has 5 heteroatoms. The van der Waals surface area contributed by atoms with Gasteiger partial charge in [0.2, 0.25) is 5.91 Å². The van der Waals surface area contributed by atoms with Crippen molar-refractivity contribution in [2.24, 2.45) is 0 Å². The molecular formula is C13H18N2O2S. The normalized spacial score (nSPS) is 11.7. The number of thioether (sulfide) groups is 1. The quantitative estimate of drug-likeness (QED) is 0.768. The summed E-state index contributed by atoms with van der Waals surface area (Å²) < 4.78 is 0. The molecule has 18 heavy (non-hydrogen) atoms. The molecule has 0 aliphatic heterocycles. The van der Waals surface area contributed by atoms with E-state index in [1.807, 2.05) is 37.3 Å². The van der Waals surface area contributed by atoms with Crippen molar-refractivity contribution < 1.29 is 9.59 Å². The number of amides is 2. The Bertz CT molecular complexity index is 395. The number of benzene rings is 1. The minimum atomic E-state index is -0.517. The fourth-order valence-corrected chi connectivity index (χ4v) is 2.23. The predicted octanol–water partition coefficient (Wildman–Crippen LogP) is 1.52. The highest BCUT2D eigenvalue weighted by atomic mass is 32.2. The summed E-state index contributed by atoms with van der Waals surface area (Å²) in [7, 11) is 0. The van der Waals surface area contributed by atoms with Gasteiger partial charge in [-0.3, -0.25) is 9.59 Å². The second-order valence-corrected chi connectivity index (χ2v) is 5.12. The molecule has 1 rings (SSSR count). The third-order valence-corrected chi connectivity index (χ3v) is 3.21. The van der Waals surface area contributed by atoms with Gasteiger partial charge in [-0.05, 0) is 11.3 Å². The Morgan fingerprint density at radius 2 is 1.94 bits per heavy atom. The Hall–Kier alpha value is -1.49. The molecule has 0 spiro atoms. The summed E-state index contributed by atoms with van der Waals surface area (Å²) in [4.78, 5) is 22.9. The molecule has 0 unspecified atom stereocenters. The van der Waals surface area contributed by atoms with Crippen LogP contribution in [0, 0.1) is 0 Å². The van der Waals surface area contributed by atoms with Gasteiger partial charge in [0.1, 0.15) is 0 Å². The predicted molar refractivity (Wildman–Crippen MR) is 74.0 cm³/mol. The van der Waals surface area contributed by atoms with Crippen molar-refractivity contribution in [2.45, 2.75) is 25.8 Å². The number of nitrogens with one attached hydrogen (secondary N) is 2. The van der Waals surface area contributed by atoms with E-state index in [1.54, 1.807) is 0 Å². The Morgan fingerprint density at radius 1 is 1.28 bits per heavy atom. The lowest BCUT2D eigenvalue weighted by Gasteiger charge is -2.16. The molecule has 0 saturated heterocycles. The fraction of sp³-hybridized carbons (Fsp3) is 0.385. The highest BCUT2D eigenvalue weighted by Gasteiger charge is 2.18. The van der Waals surface area contributed by atoms with Crippen LogP contribution in [-0.2, 0) is 16.1 Å². The van der Waals surface area contributed by atoms with E-state index in [2.05, 4.69) is 10.6 Å². The van der Waals surface area contributed by atoms with E-state index in [0.717, 1.165) is 11.3 Å². The second-order valence-electron chi connectivity index (χ2n) is 3.74. The van der Waals surface area contributed by atoms with Gasteiger partial charge in [0.25, 0.3) is 5.91 Å². The van der Waals surface area contributed by atoms with Crippen LogP contribution in [0.2, 0.25) is 0 Å². The number of hydrogen-bond donors (Lipinski definition) is 2. The molecule has 0 saturated carbocycles. The molecule has 1 aromatic rings. The van der Waals surface area contributed by atoms with Crippen molar-refractivity contribution in [3.05, 3.63) is 35.9 Å². The van der Waals surface area contributed by atoms with Crippen molar-refractivity contribution >= 4 is 23.6 Å². The smallest absolute Gasteiger partial charge is 0.253 e. The molecule has 0 bridgehead atoms. The first-order chi connectivity index (χ1) is 8.63. The minimum absolute atomic E-state index is 0.166. The number of carbonyl (C=O) groups is 2. The van der Waals surface area contributed by atoms with Crippen LogP contribution in [0.3, 0.4) is 0 Å². The second kappa shape index (κ2) is 7.76. The molecule has 4 nitrogen and oxygen atoms in total. The third kappa shape index (κ3) is 5.23. The number of rotatable bonds is 6. The van der Waals surface area contributed by atoms with Gasteiger partial charge in [0.15, 0.2) is 5.37 Å². The van der Waals surface area contributed by atoms with Gasteiger partial charge >= 0.3 is 0 Å². The lowest BCUT2D eigenvalue weighted by Crippen LogP contribution is -2.43. The van der Waals surface area contributed by atoms with Gasteiger partial charge < -0.3 is 10.6 Å². The molecule has 0 aliphatic rings. The SMILES string of the molecule is CCS[C@@H](NC(C)=O)C(=O)NCc1ccccc1. The van der Waals surface area contributed by atoms with Crippen LogP contribution in [0.4, 0.5) is 0 Å². The molecular weight excluding hydrogens is 248 g/mol. The standard InChI is InChI=1S/C13H18N2O2S/c1-3-18-13(15-10(2)16)12(17)14-9-11-7-5-4-6-8-11/h4-8,13H,3,9H2,1-2H3,(H,14,17)(H,15,16)/t13-/m1/s1. The first-order valence-electron chi connectivity index (χ1n) is 5.83. The maximum Gasteiger partial charge on any atom is 0.253 e. The van der Waals surface area contributed by atoms with Crippen LogP contribution in [0.1, 0.15) is 19.4 Å². The van der Waals surface area contributed by atoms with Crippen LogP contribution >= 0.6 is 11.8 Å². The zero-order valence-electron chi connectivity index (χ0n) is 10.6. The van der Waals surface area contributed by atoms with Crippen molar-refractivity contribution in [1.82, 2.24) is 10.6 Å². The summed E-state index contributed by atoms with van der Waals surface area (Å²) in [5, 5.41) is 4.93. The van der Waals surface area contributed by atoms with Crippen molar-refractivity contribution in [2.75, 3.05) is 5.75 Å². The summed E-state index contributed by atoms with van der Waals surface area (Å²) in [6.45, 7) is 3.83. The monoisotopic (exact) mass is 266 g/mol. The Labute approximate surface area is 112 Å². The van der Waals surface area contributed by atoms with E-state index in [0.29, 0.717) is 6.54 Å². The van der Waals surface area contributed by atoms with Crippen molar-refractivity contribution in [3.8, 4) is 0 Å². The van der Waals surface area contributed by atoms with Crippen LogP contribution in [-0.4, -0.2) is 22.9 Å². The topological polar surface area (TPSA) is 58.2 Å². The molecule has 0 aliphatic carbocycles. The molecule has 0 heterocycles. The van der Waals surface area contributed by atoms with E-state index < -0.39 is 5.37 Å². The van der Waals surface area contributed by atoms with Crippen molar-refractivity contribution in [1.29, 1.82) is 0 Å².